The van der Waals surface area contributed by atoms with E-state index in [2.05, 4.69) is 34.5 Å². The number of piperidine rings is 1. The fourth-order valence-electron chi connectivity index (χ4n) is 9.58. The molecule has 4 heterocycles. The molecule has 1 aromatic heterocycles. The lowest BCUT2D eigenvalue weighted by Crippen LogP contribution is -2.51. The Labute approximate surface area is 351 Å². The lowest BCUT2D eigenvalue weighted by atomic mass is 9.85. The average molecular weight is 850 g/mol. The fourth-order valence-corrected chi connectivity index (χ4v) is 10.1. The van der Waals surface area contributed by atoms with Crippen molar-refractivity contribution < 1.29 is 37.1 Å². The molecule has 3 saturated heterocycles. The zero-order chi connectivity index (χ0) is 43.3. The van der Waals surface area contributed by atoms with Crippen molar-refractivity contribution in [3.05, 3.63) is 47.5 Å². The number of urea groups is 1. The van der Waals surface area contributed by atoms with Gasteiger partial charge in [-0.2, -0.15) is 23.5 Å². The number of rotatable bonds is 10. The number of carbonyl (C=O) groups is 4. The number of imide groups is 1. The number of nitrogens with zero attached hydrogens (tertiary/aromatic N) is 7. The van der Waals surface area contributed by atoms with E-state index in [-0.39, 0.29) is 66.4 Å². The Morgan fingerprint density at radius 1 is 1.08 bits per heavy atom. The van der Waals surface area contributed by atoms with E-state index in [0.717, 1.165) is 49.1 Å². The van der Waals surface area contributed by atoms with Gasteiger partial charge in [-0.15, -0.1) is 0 Å². The zero-order valence-electron chi connectivity index (χ0n) is 34.3. The number of nitriles is 1. The summed E-state index contributed by atoms with van der Waals surface area (Å²) >= 11 is 5.75. The summed E-state index contributed by atoms with van der Waals surface area (Å²) in [6.45, 7) is 8.81. The van der Waals surface area contributed by atoms with Gasteiger partial charge in [0.15, 0.2) is 10.9 Å². The molecule has 1 aliphatic carbocycles. The minimum atomic E-state index is -4.77. The second-order valence-corrected chi connectivity index (χ2v) is 17.3. The standard InChI is InChI=1S/C42H50F3N9O5S/c1-24-19-26(20-25(2)52(24)23-35(56)47-33-8-6-7-31-36(33)50(5)49-37(31)51-17-15-34(55)48-39(51)58)16-18-59-30-13-11-28(12-14-30)54-40(60)53(38(57)41(54,3)4)29-10-9-27(22-46)32(21-29)42(43,44)45/h6-10,21,24-26,28,30H,11-20,23H2,1-5H3,(H,47,56)(H,48,55,58)/t24-,25+,26+,28-,30-. The van der Waals surface area contributed by atoms with E-state index in [1.165, 1.54) is 11.0 Å². The van der Waals surface area contributed by atoms with Crippen molar-refractivity contribution in [2.45, 2.75) is 115 Å². The van der Waals surface area contributed by atoms with Crippen LogP contribution >= 0.6 is 12.2 Å². The predicted octanol–water partition coefficient (Wildman–Crippen LogP) is 6.47. The van der Waals surface area contributed by atoms with Crippen molar-refractivity contribution in [2.24, 2.45) is 13.0 Å². The topological polar surface area (TPSA) is 156 Å². The molecule has 3 atom stereocenters. The number of ether oxygens (including phenoxy) is 1. The van der Waals surface area contributed by atoms with Gasteiger partial charge in [-0.1, -0.05) is 6.07 Å². The third-order valence-corrected chi connectivity index (χ3v) is 12.9. The van der Waals surface area contributed by atoms with Crippen molar-refractivity contribution in [1.82, 2.24) is 24.9 Å². The number of anilines is 3. The summed E-state index contributed by atoms with van der Waals surface area (Å²) in [5.41, 5.74) is -1.45. The number of likely N-dealkylation sites (tertiary alicyclic amines) is 1. The molecule has 0 bridgehead atoms. The van der Waals surface area contributed by atoms with Gasteiger partial charge in [0, 0.05) is 50.1 Å². The molecule has 320 valence electrons. The minimum absolute atomic E-state index is 0.0117. The minimum Gasteiger partial charge on any atom is -0.378 e. The van der Waals surface area contributed by atoms with Gasteiger partial charge in [0.05, 0.1) is 46.7 Å². The van der Waals surface area contributed by atoms with Crippen molar-refractivity contribution in [2.75, 3.05) is 34.8 Å². The van der Waals surface area contributed by atoms with Gasteiger partial charge in [0.25, 0.3) is 5.91 Å². The molecular formula is C42H50F3N9O5S. The quantitative estimate of drug-likeness (QED) is 0.217. The van der Waals surface area contributed by atoms with E-state index in [9.17, 15) is 37.6 Å². The molecule has 4 fully saturated rings. The fraction of sp³-hybridized carbons (Fsp3) is 0.548. The molecule has 2 N–H and O–H groups in total. The largest absolute Gasteiger partial charge is 0.417 e. The number of carbonyl (C=O) groups excluding carboxylic acids is 4. The molecule has 0 radical (unpaired) electrons. The number of aryl methyl sites for hydroxylation is 1. The molecule has 18 heteroatoms. The molecule has 5 amide bonds. The smallest absolute Gasteiger partial charge is 0.378 e. The van der Waals surface area contributed by atoms with Crippen molar-refractivity contribution >= 4 is 69.2 Å². The van der Waals surface area contributed by atoms with Crippen LogP contribution in [0.1, 0.15) is 90.2 Å². The normalized spacial score (nSPS) is 25.2. The Morgan fingerprint density at radius 2 is 1.78 bits per heavy atom. The number of thiocarbonyl (C=S) groups is 1. The lowest BCUT2D eigenvalue weighted by Gasteiger charge is -2.42. The number of benzene rings is 2. The van der Waals surface area contributed by atoms with Crippen LogP contribution in [0.25, 0.3) is 10.9 Å². The van der Waals surface area contributed by atoms with Crippen LogP contribution in [0, 0.1) is 17.2 Å². The van der Waals surface area contributed by atoms with Gasteiger partial charge in [0.2, 0.25) is 11.8 Å². The van der Waals surface area contributed by atoms with Crippen LogP contribution in [0.3, 0.4) is 0 Å². The summed E-state index contributed by atoms with van der Waals surface area (Å²) in [5.74, 6) is -0.0434. The maximum Gasteiger partial charge on any atom is 0.417 e. The predicted molar refractivity (Wildman–Crippen MR) is 222 cm³/mol. The summed E-state index contributed by atoms with van der Waals surface area (Å²) in [4.78, 5) is 58.1. The molecule has 7 rings (SSSR count). The average Bonchev–Trinajstić information content (AvgIpc) is 3.61. The number of para-hydroxylation sites is 1. The maximum atomic E-state index is 13.8. The van der Waals surface area contributed by atoms with E-state index >= 15 is 0 Å². The van der Waals surface area contributed by atoms with E-state index < -0.39 is 34.8 Å². The van der Waals surface area contributed by atoms with Gasteiger partial charge < -0.3 is 15.0 Å². The second kappa shape index (κ2) is 16.7. The highest BCUT2D eigenvalue weighted by atomic mass is 32.1. The molecule has 3 aromatic rings. The lowest BCUT2D eigenvalue weighted by molar-refractivity contribution is -0.137. The summed E-state index contributed by atoms with van der Waals surface area (Å²) in [5, 5.41) is 20.0. The van der Waals surface area contributed by atoms with Crippen LogP contribution in [0.15, 0.2) is 36.4 Å². The molecule has 2 aromatic carbocycles. The van der Waals surface area contributed by atoms with E-state index in [0.29, 0.717) is 47.8 Å². The second-order valence-electron chi connectivity index (χ2n) is 16.9. The van der Waals surface area contributed by atoms with Crippen LogP contribution in [0.5, 0.6) is 0 Å². The summed E-state index contributed by atoms with van der Waals surface area (Å²) in [7, 11) is 1.75. The molecule has 0 unspecified atom stereocenters. The van der Waals surface area contributed by atoms with Gasteiger partial charge in [-0.3, -0.25) is 39.1 Å². The van der Waals surface area contributed by atoms with E-state index in [4.69, 9.17) is 17.0 Å². The van der Waals surface area contributed by atoms with Crippen molar-refractivity contribution in [3.63, 3.8) is 0 Å². The Morgan fingerprint density at radius 3 is 2.43 bits per heavy atom. The highest BCUT2D eigenvalue weighted by Crippen LogP contribution is 2.41. The van der Waals surface area contributed by atoms with Crippen molar-refractivity contribution in [1.29, 1.82) is 5.26 Å². The first kappa shape index (κ1) is 43.0. The van der Waals surface area contributed by atoms with Gasteiger partial charge in [-0.25, -0.2) is 4.79 Å². The van der Waals surface area contributed by atoms with Crippen molar-refractivity contribution in [3.8, 4) is 6.07 Å². The first-order chi connectivity index (χ1) is 28.4. The number of hydrogen-bond acceptors (Lipinski definition) is 9. The highest BCUT2D eigenvalue weighted by Gasteiger charge is 2.52. The molecular weight excluding hydrogens is 800 g/mol. The number of halogens is 3. The van der Waals surface area contributed by atoms with Gasteiger partial charge in [-0.05, 0) is 121 Å². The Balaban J connectivity index is 0.884. The summed E-state index contributed by atoms with van der Waals surface area (Å²) in [6, 6.07) is 9.98. The molecule has 4 aliphatic rings. The Kier molecular flexibility index (Phi) is 12.0. The van der Waals surface area contributed by atoms with E-state index in [1.54, 1.807) is 37.7 Å². The zero-order valence-corrected chi connectivity index (χ0v) is 35.2. The van der Waals surface area contributed by atoms with E-state index in [1.807, 2.05) is 17.0 Å². The first-order valence-electron chi connectivity index (χ1n) is 20.4. The summed E-state index contributed by atoms with van der Waals surface area (Å²) in [6.07, 6.45) is 1.11. The highest BCUT2D eigenvalue weighted by molar-refractivity contribution is 7.80. The number of amides is 5. The van der Waals surface area contributed by atoms with Crippen LogP contribution < -0.4 is 20.4 Å². The Bertz CT molecular complexity index is 2240. The number of nitrogens with one attached hydrogen (secondary N) is 2. The number of aromatic nitrogens is 2. The van der Waals surface area contributed by atoms with Crippen LogP contribution in [-0.4, -0.2) is 97.9 Å². The van der Waals surface area contributed by atoms with Gasteiger partial charge >= 0.3 is 12.2 Å². The SMILES string of the molecule is C[C@@H]1C[C@H](CCO[C@H]2CC[C@H](N3C(=S)N(c4ccc(C#N)c(C(F)(F)F)c4)C(=O)C3(C)C)CC2)C[C@H](C)N1CC(=O)Nc1cccc2c(N3CCC(=O)NC3=O)nn(C)c12. The van der Waals surface area contributed by atoms with Crippen LogP contribution in [-0.2, 0) is 32.3 Å². The van der Waals surface area contributed by atoms with Gasteiger partial charge in [0.1, 0.15) is 5.54 Å². The molecule has 1 saturated carbocycles. The monoisotopic (exact) mass is 849 g/mol. The molecule has 60 heavy (non-hydrogen) atoms. The maximum absolute atomic E-state index is 13.8. The number of fused-ring (bicyclic) bond motifs is 1. The van der Waals surface area contributed by atoms with Crippen LogP contribution in [0.4, 0.5) is 35.2 Å². The number of alkyl halides is 3. The number of hydrogen-bond donors (Lipinski definition) is 2. The third kappa shape index (κ3) is 8.31. The molecule has 3 aliphatic heterocycles. The molecule has 0 spiro atoms. The van der Waals surface area contributed by atoms with Crippen LogP contribution in [0.2, 0.25) is 0 Å². The third-order valence-electron chi connectivity index (χ3n) is 12.5. The Hall–Kier alpha value is -5.12. The summed E-state index contributed by atoms with van der Waals surface area (Å²) < 4.78 is 49.3. The molecule has 14 nitrogen and oxygen atoms in total. The first-order valence-corrected chi connectivity index (χ1v) is 20.8.